The molecule has 0 saturated heterocycles. The van der Waals surface area contributed by atoms with Crippen molar-refractivity contribution in [1.82, 2.24) is 0 Å². The lowest BCUT2D eigenvalue weighted by molar-refractivity contribution is 0.595. The summed E-state index contributed by atoms with van der Waals surface area (Å²) in [6.45, 7) is 0. The van der Waals surface area contributed by atoms with Crippen LogP contribution in [0.2, 0.25) is 0 Å². The average molecular weight is 387 g/mol. The highest BCUT2D eigenvalue weighted by atomic mass is 79.9. The van der Waals surface area contributed by atoms with Gasteiger partial charge in [0.15, 0.2) is 14.9 Å². The van der Waals surface area contributed by atoms with E-state index in [9.17, 15) is 16.8 Å². The number of sulfone groups is 1. The van der Waals surface area contributed by atoms with Crippen LogP contribution in [0.3, 0.4) is 0 Å². The zero-order valence-electron chi connectivity index (χ0n) is 9.75. The largest absolute Gasteiger partial charge is 0.389 e. The first-order valence-electron chi connectivity index (χ1n) is 4.78. The van der Waals surface area contributed by atoms with Crippen molar-refractivity contribution in [1.29, 1.82) is 0 Å². The molecule has 3 N–H and O–H groups in total. The van der Waals surface area contributed by atoms with Crippen molar-refractivity contribution in [2.24, 2.45) is 5.73 Å². The molecule has 0 heterocycles. The molecule has 0 atom stereocenters. The third-order valence-electron chi connectivity index (χ3n) is 1.89. The van der Waals surface area contributed by atoms with Gasteiger partial charge in [-0.15, -0.1) is 0 Å². The van der Waals surface area contributed by atoms with E-state index in [0.717, 1.165) is 6.26 Å². The maximum atomic E-state index is 11.6. The summed E-state index contributed by atoms with van der Waals surface area (Å²) < 4.78 is 47.8. The van der Waals surface area contributed by atoms with E-state index >= 15 is 0 Å². The van der Waals surface area contributed by atoms with Crippen molar-refractivity contribution < 1.29 is 16.8 Å². The Bertz CT molecular complexity index is 713. The first kappa shape index (κ1) is 16.3. The minimum absolute atomic E-state index is 0.172. The Morgan fingerprint density at radius 3 is 2.37 bits per heavy atom. The quantitative estimate of drug-likeness (QED) is 0.725. The van der Waals surface area contributed by atoms with Crippen LogP contribution >= 0.6 is 28.1 Å². The number of rotatable bonds is 5. The third-order valence-corrected chi connectivity index (χ3v) is 6.26. The van der Waals surface area contributed by atoms with Gasteiger partial charge in [-0.2, -0.15) is 0 Å². The summed E-state index contributed by atoms with van der Waals surface area (Å²) in [4.78, 5) is 0.172. The molecule has 0 amide bonds. The molecular formula is C9H11BrN2O4S3. The molecular weight excluding hydrogens is 376 g/mol. The van der Waals surface area contributed by atoms with E-state index in [1.807, 2.05) is 0 Å². The Labute approximate surface area is 125 Å². The van der Waals surface area contributed by atoms with E-state index < -0.39 is 24.9 Å². The van der Waals surface area contributed by atoms with Crippen LogP contribution in [0.4, 0.5) is 5.69 Å². The summed E-state index contributed by atoms with van der Waals surface area (Å²) in [5.74, 6) is 0. The van der Waals surface area contributed by atoms with Crippen LogP contribution in [0.1, 0.15) is 5.56 Å². The first-order valence-corrected chi connectivity index (χ1v) is 9.69. The second kappa shape index (κ2) is 5.73. The number of nitrogens with one attached hydrogen (secondary N) is 1. The minimum Gasteiger partial charge on any atom is -0.389 e. The minimum atomic E-state index is -3.98. The molecule has 0 aliphatic carbocycles. The van der Waals surface area contributed by atoms with Gasteiger partial charge in [0.2, 0.25) is 10.0 Å². The molecule has 0 radical (unpaired) electrons. The van der Waals surface area contributed by atoms with Crippen LogP contribution in [0.25, 0.3) is 0 Å². The number of sulfonamides is 1. The van der Waals surface area contributed by atoms with Gasteiger partial charge in [-0.25, -0.2) is 16.8 Å². The number of anilines is 1. The van der Waals surface area contributed by atoms with Crippen molar-refractivity contribution in [3.8, 4) is 0 Å². The first-order chi connectivity index (χ1) is 8.50. The number of hydrogen-bond acceptors (Lipinski definition) is 5. The second-order valence-corrected chi connectivity index (χ2v) is 9.34. The Morgan fingerprint density at radius 1 is 1.37 bits per heavy atom. The van der Waals surface area contributed by atoms with Crippen molar-refractivity contribution in [3.05, 3.63) is 28.2 Å². The summed E-state index contributed by atoms with van der Waals surface area (Å²) in [5, 5.41) is -0.983. The molecule has 0 bridgehead atoms. The molecule has 0 spiro atoms. The molecule has 0 saturated carbocycles. The zero-order chi connectivity index (χ0) is 14.8. The fraction of sp³-hybridized carbons (Fsp3) is 0.222. The van der Waals surface area contributed by atoms with Gasteiger partial charge in [0, 0.05) is 16.3 Å². The number of benzene rings is 1. The van der Waals surface area contributed by atoms with Crippen molar-refractivity contribution in [3.63, 3.8) is 0 Å². The number of thiocarbonyl (C=S) groups is 1. The molecule has 1 aromatic carbocycles. The predicted molar refractivity (Wildman–Crippen MR) is 82.3 cm³/mol. The second-order valence-electron chi connectivity index (χ2n) is 3.82. The van der Waals surface area contributed by atoms with Crippen LogP contribution < -0.4 is 10.5 Å². The summed E-state index contributed by atoms with van der Waals surface area (Å²) >= 11 is 7.94. The highest BCUT2D eigenvalue weighted by molar-refractivity contribution is 9.10. The SMILES string of the molecule is CS(=O)(=O)CS(=O)(=O)Nc1ccc(C(N)=S)cc1Br. The lowest BCUT2D eigenvalue weighted by Crippen LogP contribution is -2.22. The topological polar surface area (TPSA) is 106 Å². The van der Waals surface area contributed by atoms with Gasteiger partial charge < -0.3 is 5.73 Å². The highest BCUT2D eigenvalue weighted by Gasteiger charge is 2.19. The summed E-state index contributed by atoms with van der Waals surface area (Å²) in [6, 6.07) is 4.52. The lowest BCUT2D eigenvalue weighted by Gasteiger charge is -2.10. The predicted octanol–water partition coefficient (Wildman–Crippen LogP) is 0.827. The van der Waals surface area contributed by atoms with E-state index in [-0.39, 0.29) is 10.7 Å². The molecule has 0 aliphatic heterocycles. The number of nitrogens with two attached hydrogens (primary N) is 1. The summed E-state index contributed by atoms with van der Waals surface area (Å²) in [6.07, 6.45) is 0.844. The van der Waals surface area contributed by atoms with Crippen molar-refractivity contribution in [2.45, 2.75) is 0 Å². The third kappa shape index (κ3) is 5.43. The molecule has 0 fully saturated rings. The molecule has 0 aliphatic rings. The van der Waals surface area contributed by atoms with Gasteiger partial charge in [-0.05, 0) is 34.1 Å². The van der Waals surface area contributed by atoms with Crippen LogP contribution in [-0.2, 0) is 19.9 Å². The van der Waals surface area contributed by atoms with Crippen molar-refractivity contribution >= 4 is 58.7 Å². The summed E-state index contributed by atoms with van der Waals surface area (Å²) in [7, 11) is -7.62. The molecule has 106 valence electrons. The maximum absolute atomic E-state index is 11.6. The van der Waals surface area contributed by atoms with Gasteiger partial charge in [-0.3, -0.25) is 4.72 Å². The highest BCUT2D eigenvalue weighted by Crippen LogP contribution is 2.24. The molecule has 1 aromatic rings. The monoisotopic (exact) mass is 386 g/mol. The number of halogens is 1. The zero-order valence-corrected chi connectivity index (χ0v) is 13.8. The Kier molecular flexibility index (Phi) is 4.93. The fourth-order valence-corrected chi connectivity index (χ4v) is 4.97. The van der Waals surface area contributed by atoms with Crippen LogP contribution in [0.15, 0.2) is 22.7 Å². The van der Waals surface area contributed by atoms with Gasteiger partial charge >= 0.3 is 0 Å². The molecule has 6 nitrogen and oxygen atoms in total. The number of hydrogen-bond donors (Lipinski definition) is 2. The normalized spacial score (nSPS) is 12.1. The van der Waals surface area contributed by atoms with Gasteiger partial charge in [-0.1, -0.05) is 12.2 Å². The fourth-order valence-electron chi connectivity index (χ4n) is 1.23. The van der Waals surface area contributed by atoms with Crippen LogP contribution in [0.5, 0.6) is 0 Å². The smallest absolute Gasteiger partial charge is 0.247 e. The molecule has 1 rings (SSSR count). The maximum Gasteiger partial charge on any atom is 0.247 e. The van der Waals surface area contributed by atoms with Crippen LogP contribution in [0, 0.1) is 0 Å². The van der Waals surface area contributed by atoms with Crippen LogP contribution in [-0.4, -0.2) is 33.2 Å². The van der Waals surface area contributed by atoms with Gasteiger partial charge in [0.05, 0.1) is 5.69 Å². The Morgan fingerprint density at radius 2 is 1.95 bits per heavy atom. The van der Waals surface area contributed by atoms with E-state index in [4.69, 9.17) is 18.0 Å². The van der Waals surface area contributed by atoms with Gasteiger partial charge in [0.1, 0.15) is 4.99 Å². The van der Waals surface area contributed by atoms with E-state index in [1.54, 1.807) is 6.07 Å². The van der Waals surface area contributed by atoms with Gasteiger partial charge in [0.25, 0.3) is 0 Å². The Hall–Kier alpha value is -0.710. The van der Waals surface area contributed by atoms with E-state index in [0.29, 0.717) is 10.0 Å². The molecule has 0 aromatic heterocycles. The Balaban J connectivity index is 3.04. The molecule has 0 unspecified atom stereocenters. The molecule has 19 heavy (non-hydrogen) atoms. The standard InChI is InChI=1S/C9H11BrN2O4S3/c1-18(13,14)5-19(15,16)12-8-3-2-6(9(11)17)4-7(8)10/h2-4,12H,5H2,1H3,(H2,11,17). The average Bonchev–Trinajstić information content (AvgIpc) is 2.16. The van der Waals surface area contributed by atoms with Crippen molar-refractivity contribution in [2.75, 3.05) is 16.1 Å². The molecule has 10 heteroatoms. The van der Waals surface area contributed by atoms with E-state index in [1.165, 1.54) is 12.1 Å². The lowest BCUT2D eigenvalue weighted by atomic mass is 10.2. The van der Waals surface area contributed by atoms with E-state index in [2.05, 4.69) is 20.7 Å². The summed E-state index contributed by atoms with van der Waals surface area (Å²) in [5.41, 5.74) is 6.21.